The van der Waals surface area contributed by atoms with Crippen LogP contribution in [-0.2, 0) is 7.05 Å². The monoisotopic (exact) mass is 400 g/mol. The Labute approximate surface area is 136 Å². The number of nitrogens with one attached hydrogen (secondary N) is 1. The second-order valence-corrected chi connectivity index (χ2v) is 6.41. The lowest BCUT2D eigenvalue weighted by atomic mass is 10.0. The minimum atomic E-state index is 0.0543. The van der Waals surface area contributed by atoms with Crippen LogP contribution >= 0.6 is 31.9 Å². The molecule has 0 spiro atoms. The summed E-state index contributed by atoms with van der Waals surface area (Å²) >= 11 is 7.15. The van der Waals surface area contributed by atoms with Crippen molar-refractivity contribution in [1.29, 1.82) is 0 Å². The first-order valence-corrected chi connectivity index (χ1v) is 8.17. The van der Waals surface area contributed by atoms with Gasteiger partial charge in [0.2, 0.25) is 0 Å². The lowest BCUT2D eigenvalue weighted by Crippen LogP contribution is -2.26. The third-order valence-electron chi connectivity index (χ3n) is 3.16. The molecule has 20 heavy (non-hydrogen) atoms. The van der Waals surface area contributed by atoms with Crippen LogP contribution in [0.1, 0.15) is 36.2 Å². The number of halogens is 2. The summed E-state index contributed by atoms with van der Waals surface area (Å²) in [7, 11) is 1.91. The summed E-state index contributed by atoms with van der Waals surface area (Å²) in [6.07, 6.45) is 1.07. The third kappa shape index (κ3) is 3.30. The fourth-order valence-electron chi connectivity index (χ4n) is 2.17. The fourth-order valence-corrected chi connectivity index (χ4v) is 3.20. The molecular weight excluding hydrogens is 384 g/mol. The molecular formula is C14H18Br2N4. The molecule has 1 unspecified atom stereocenters. The van der Waals surface area contributed by atoms with Gasteiger partial charge < -0.3 is 5.32 Å². The average Bonchev–Trinajstić information content (AvgIpc) is 2.74. The molecule has 0 aliphatic carbocycles. The Kier molecular flexibility index (Phi) is 5.35. The first kappa shape index (κ1) is 15.7. The molecule has 1 aromatic carbocycles. The van der Waals surface area contributed by atoms with E-state index in [1.807, 2.05) is 11.7 Å². The Bertz CT molecular complexity index is 575. The van der Waals surface area contributed by atoms with E-state index >= 15 is 0 Å². The minimum Gasteiger partial charge on any atom is -0.305 e. The van der Waals surface area contributed by atoms with Gasteiger partial charge in [0, 0.05) is 11.5 Å². The van der Waals surface area contributed by atoms with Crippen molar-refractivity contribution in [3.63, 3.8) is 0 Å². The first-order chi connectivity index (χ1) is 9.54. The van der Waals surface area contributed by atoms with Gasteiger partial charge in [-0.05, 0) is 47.4 Å². The van der Waals surface area contributed by atoms with Crippen LogP contribution in [0.4, 0.5) is 0 Å². The highest BCUT2D eigenvalue weighted by Gasteiger charge is 2.23. The number of aromatic nitrogens is 3. The molecule has 108 valence electrons. The second-order valence-electron chi connectivity index (χ2n) is 4.80. The zero-order valence-corrected chi connectivity index (χ0v) is 15.0. The van der Waals surface area contributed by atoms with Crippen LogP contribution in [0.2, 0.25) is 0 Å². The summed E-state index contributed by atoms with van der Waals surface area (Å²) < 4.78 is 3.68. The predicted octanol–water partition coefficient (Wildman–Crippen LogP) is 3.74. The van der Waals surface area contributed by atoms with Gasteiger partial charge in [-0.1, -0.05) is 45.8 Å². The highest BCUT2D eigenvalue weighted by atomic mass is 79.9. The van der Waals surface area contributed by atoms with Crippen molar-refractivity contribution >= 4 is 31.9 Å². The van der Waals surface area contributed by atoms with Crippen molar-refractivity contribution in [2.45, 2.75) is 26.3 Å². The third-order valence-corrected chi connectivity index (χ3v) is 4.45. The van der Waals surface area contributed by atoms with Gasteiger partial charge in [0.05, 0.1) is 11.7 Å². The van der Waals surface area contributed by atoms with E-state index in [-0.39, 0.29) is 6.04 Å². The van der Waals surface area contributed by atoms with Gasteiger partial charge in [0.15, 0.2) is 4.60 Å². The van der Waals surface area contributed by atoms with Gasteiger partial charge in [-0.25, -0.2) is 4.68 Å². The van der Waals surface area contributed by atoms with Crippen LogP contribution in [0.3, 0.4) is 0 Å². The molecule has 1 atom stereocenters. The summed E-state index contributed by atoms with van der Waals surface area (Å²) in [4.78, 5) is 0. The normalized spacial score (nSPS) is 12.7. The van der Waals surface area contributed by atoms with E-state index < -0.39 is 0 Å². The Balaban J connectivity index is 2.50. The molecule has 0 aliphatic rings. The second kappa shape index (κ2) is 6.83. The molecule has 1 heterocycles. The maximum Gasteiger partial charge on any atom is 0.153 e. The lowest BCUT2D eigenvalue weighted by Gasteiger charge is -2.21. The van der Waals surface area contributed by atoms with E-state index in [4.69, 9.17) is 0 Å². The van der Waals surface area contributed by atoms with E-state index in [0.29, 0.717) is 0 Å². The molecule has 0 saturated carbocycles. The van der Waals surface area contributed by atoms with Gasteiger partial charge in [-0.2, -0.15) is 0 Å². The highest BCUT2D eigenvalue weighted by molar-refractivity contribution is 9.10. The Hall–Kier alpha value is -0.720. The van der Waals surface area contributed by atoms with Crippen molar-refractivity contribution in [3.8, 4) is 0 Å². The zero-order valence-electron chi connectivity index (χ0n) is 11.8. The average molecular weight is 402 g/mol. The first-order valence-electron chi connectivity index (χ1n) is 6.59. The Morgan fingerprint density at radius 1 is 1.35 bits per heavy atom. The molecule has 2 rings (SSSR count). The van der Waals surface area contributed by atoms with Crippen molar-refractivity contribution < 1.29 is 0 Å². The van der Waals surface area contributed by atoms with E-state index in [1.54, 1.807) is 0 Å². The Morgan fingerprint density at radius 3 is 2.70 bits per heavy atom. The lowest BCUT2D eigenvalue weighted by molar-refractivity contribution is 0.548. The molecule has 2 aromatic rings. The molecule has 0 saturated heterocycles. The van der Waals surface area contributed by atoms with Crippen LogP contribution in [0, 0.1) is 6.92 Å². The van der Waals surface area contributed by atoms with Crippen LogP contribution in [0.5, 0.6) is 0 Å². The fraction of sp³-hybridized carbons (Fsp3) is 0.429. The minimum absolute atomic E-state index is 0.0543. The molecule has 0 radical (unpaired) electrons. The van der Waals surface area contributed by atoms with Gasteiger partial charge in [0.1, 0.15) is 0 Å². The van der Waals surface area contributed by atoms with E-state index in [0.717, 1.165) is 27.7 Å². The molecule has 0 fully saturated rings. The number of benzene rings is 1. The maximum absolute atomic E-state index is 4.10. The van der Waals surface area contributed by atoms with Crippen molar-refractivity contribution in [1.82, 2.24) is 20.3 Å². The molecule has 0 bridgehead atoms. The van der Waals surface area contributed by atoms with Crippen LogP contribution in [0.15, 0.2) is 27.3 Å². The number of rotatable bonds is 5. The predicted molar refractivity (Wildman–Crippen MR) is 87.7 cm³/mol. The van der Waals surface area contributed by atoms with E-state index in [2.05, 4.69) is 79.5 Å². The van der Waals surface area contributed by atoms with Gasteiger partial charge >= 0.3 is 0 Å². The van der Waals surface area contributed by atoms with Gasteiger partial charge in [0.25, 0.3) is 0 Å². The topological polar surface area (TPSA) is 42.7 Å². The molecule has 6 heteroatoms. The number of aryl methyl sites for hydroxylation is 2. The maximum atomic E-state index is 4.10. The van der Waals surface area contributed by atoms with Crippen molar-refractivity contribution in [3.05, 3.63) is 44.1 Å². The number of hydrogen-bond acceptors (Lipinski definition) is 3. The molecule has 1 aromatic heterocycles. The SMILES string of the molecule is CCCNC(c1cc(C)ccc1Br)c1c(Br)nnn1C. The molecule has 4 nitrogen and oxygen atoms in total. The zero-order chi connectivity index (χ0) is 14.7. The summed E-state index contributed by atoms with van der Waals surface area (Å²) in [5, 5.41) is 11.8. The number of nitrogens with zero attached hydrogens (tertiary/aromatic N) is 3. The number of hydrogen-bond donors (Lipinski definition) is 1. The largest absolute Gasteiger partial charge is 0.305 e. The smallest absolute Gasteiger partial charge is 0.153 e. The summed E-state index contributed by atoms with van der Waals surface area (Å²) in [5.74, 6) is 0. The molecule has 1 N–H and O–H groups in total. The van der Waals surface area contributed by atoms with Gasteiger partial charge in [-0.15, -0.1) is 5.10 Å². The molecule has 0 aliphatic heterocycles. The van der Waals surface area contributed by atoms with E-state index in [9.17, 15) is 0 Å². The van der Waals surface area contributed by atoms with Crippen LogP contribution < -0.4 is 5.32 Å². The summed E-state index contributed by atoms with van der Waals surface area (Å²) in [6, 6.07) is 6.43. The quantitative estimate of drug-likeness (QED) is 0.829. The summed E-state index contributed by atoms with van der Waals surface area (Å²) in [5.41, 5.74) is 3.46. The van der Waals surface area contributed by atoms with Gasteiger partial charge in [-0.3, -0.25) is 0 Å². The highest BCUT2D eigenvalue weighted by Crippen LogP contribution is 2.32. The summed E-state index contributed by atoms with van der Waals surface area (Å²) in [6.45, 7) is 5.19. The van der Waals surface area contributed by atoms with Crippen molar-refractivity contribution in [2.75, 3.05) is 6.54 Å². The van der Waals surface area contributed by atoms with E-state index in [1.165, 1.54) is 11.1 Å². The molecule has 0 amide bonds. The Morgan fingerprint density at radius 2 is 2.10 bits per heavy atom. The standard InChI is InChI=1S/C14H18Br2N4/c1-4-7-17-12(13-14(16)18-19-20(13)3)10-8-9(2)5-6-11(10)15/h5-6,8,12,17H,4,7H2,1-3H3. The van der Waals surface area contributed by atoms with Crippen molar-refractivity contribution in [2.24, 2.45) is 7.05 Å². The van der Waals surface area contributed by atoms with Crippen LogP contribution in [-0.4, -0.2) is 21.5 Å². The van der Waals surface area contributed by atoms with Crippen LogP contribution in [0.25, 0.3) is 0 Å².